The SMILES string of the molecule is CN1Cc2cc(O)ccc2C(c2ccc([N+](=O)[O-])cc2)C1. The minimum Gasteiger partial charge on any atom is -0.508 e. The van der Waals surface area contributed by atoms with Gasteiger partial charge in [-0.25, -0.2) is 0 Å². The molecular formula is C16H16N2O3. The van der Waals surface area contributed by atoms with Crippen LogP contribution < -0.4 is 0 Å². The summed E-state index contributed by atoms with van der Waals surface area (Å²) in [5, 5.41) is 20.4. The van der Waals surface area contributed by atoms with Gasteiger partial charge in [0.25, 0.3) is 5.69 Å². The van der Waals surface area contributed by atoms with Crippen molar-refractivity contribution in [2.75, 3.05) is 13.6 Å². The van der Waals surface area contributed by atoms with E-state index in [0.717, 1.165) is 24.2 Å². The Kier molecular flexibility index (Phi) is 3.35. The molecule has 0 saturated carbocycles. The first-order chi connectivity index (χ1) is 10.0. The third kappa shape index (κ3) is 2.60. The van der Waals surface area contributed by atoms with Crippen LogP contribution in [-0.4, -0.2) is 28.5 Å². The molecule has 0 spiro atoms. The van der Waals surface area contributed by atoms with Crippen LogP contribution in [-0.2, 0) is 6.54 Å². The minimum atomic E-state index is -0.386. The molecule has 1 atom stereocenters. The molecule has 1 aliphatic heterocycles. The number of likely N-dealkylation sites (N-methyl/N-ethyl adjacent to an activating group) is 1. The number of nitrogens with zero attached hydrogens (tertiary/aromatic N) is 2. The predicted octanol–water partition coefficient (Wildman–Crippen LogP) is 2.88. The lowest BCUT2D eigenvalue weighted by Gasteiger charge is -2.32. The van der Waals surface area contributed by atoms with Crippen molar-refractivity contribution < 1.29 is 10.0 Å². The van der Waals surface area contributed by atoms with Gasteiger partial charge in [0.15, 0.2) is 0 Å². The van der Waals surface area contributed by atoms with Crippen molar-refractivity contribution in [3.63, 3.8) is 0 Å². The highest BCUT2D eigenvalue weighted by molar-refractivity contribution is 5.45. The van der Waals surface area contributed by atoms with Crippen LogP contribution in [0.5, 0.6) is 5.75 Å². The summed E-state index contributed by atoms with van der Waals surface area (Å²) in [6.45, 7) is 1.66. The fourth-order valence-corrected chi connectivity index (χ4v) is 2.95. The van der Waals surface area contributed by atoms with Crippen molar-refractivity contribution in [2.24, 2.45) is 0 Å². The van der Waals surface area contributed by atoms with E-state index in [2.05, 4.69) is 4.90 Å². The van der Waals surface area contributed by atoms with Gasteiger partial charge >= 0.3 is 0 Å². The molecule has 21 heavy (non-hydrogen) atoms. The van der Waals surface area contributed by atoms with E-state index in [9.17, 15) is 15.2 Å². The van der Waals surface area contributed by atoms with Crippen LogP contribution in [0.4, 0.5) is 5.69 Å². The molecule has 3 rings (SSSR count). The van der Waals surface area contributed by atoms with E-state index in [4.69, 9.17) is 0 Å². The van der Waals surface area contributed by atoms with E-state index in [1.165, 1.54) is 5.56 Å². The fourth-order valence-electron chi connectivity index (χ4n) is 2.95. The van der Waals surface area contributed by atoms with Crippen LogP contribution in [0.15, 0.2) is 42.5 Å². The Labute approximate surface area is 122 Å². The molecule has 0 bridgehead atoms. The molecule has 5 nitrogen and oxygen atoms in total. The summed E-state index contributed by atoms with van der Waals surface area (Å²) >= 11 is 0. The lowest BCUT2D eigenvalue weighted by Crippen LogP contribution is -2.30. The van der Waals surface area contributed by atoms with Gasteiger partial charge in [-0.05, 0) is 35.9 Å². The Morgan fingerprint density at radius 1 is 1.24 bits per heavy atom. The summed E-state index contributed by atoms with van der Waals surface area (Å²) in [5.74, 6) is 0.437. The van der Waals surface area contributed by atoms with Crippen LogP contribution in [0.2, 0.25) is 0 Å². The Hall–Kier alpha value is -2.40. The topological polar surface area (TPSA) is 66.6 Å². The van der Waals surface area contributed by atoms with E-state index in [1.807, 2.05) is 25.2 Å². The standard InChI is InChI=1S/C16H16N2O3/c1-17-9-12-8-14(19)6-7-15(12)16(10-17)11-2-4-13(5-3-11)18(20)21/h2-8,16,19H,9-10H2,1H3. The molecule has 1 heterocycles. The summed E-state index contributed by atoms with van der Waals surface area (Å²) in [6, 6.07) is 12.2. The normalized spacial score (nSPS) is 18.2. The van der Waals surface area contributed by atoms with Crippen LogP contribution in [0.25, 0.3) is 0 Å². The summed E-state index contributed by atoms with van der Waals surface area (Å²) in [5.41, 5.74) is 3.44. The fraction of sp³-hybridized carbons (Fsp3) is 0.250. The average Bonchev–Trinajstić information content (AvgIpc) is 2.46. The number of fused-ring (bicyclic) bond motifs is 1. The van der Waals surface area contributed by atoms with Gasteiger partial charge < -0.3 is 10.0 Å². The van der Waals surface area contributed by atoms with Gasteiger partial charge in [-0.1, -0.05) is 18.2 Å². The number of hydrogen-bond donors (Lipinski definition) is 1. The number of phenolic OH excluding ortho intramolecular Hbond substituents is 1. The number of non-ortho nitro benzene ring substituents is 1. The van der Waals surface area contributed by atoms with E-state index < -0.39 is 0 Å². The highest BCUT2D eigenvalue weighted by Gasteiger charge is 2.25. The van der Waals surface area contributed by atoms with Crippen LogP contribution >= 0.6 is 0 Å². The maximum Gasteiger partial charge on any atom is 0.269 e. The lowest BCUT2D eigenvalue weighted by atomic mass is 9.84. The Bertz CT molecular complexity index is 682. The monoisotopic (exact) mass is 284 g/mol. The molecule has 2 aromatic carbocycles. The molecule has 1 aliphatic rings. The second kappa shape index (κ2) is 5.18. The summed E-state index contributed by atoms with van der Waals surface area (Å²) in [7, 11) is 2.03. The first-order valence-corrected chi connectivity index (χ1v) is 6.79. The molecule has 0 fully saturated rings. The Morgan fingerprint density at radius 3 is 2.62 bits per heavy atom. The van der Waals surface area contributed by atoms with E-state index in [1.54, 1.807) is 24.3 Å². The zero-order valence-electron chi connectivity index (χ0n) is 11.7. The van der Waals surface area contributed by atoms with Gasteiger partial charge in [-0.15, -0.1) is 0 Å². The van der Waals surface area contributed by atoms with Gasteiger partial charge in [-0.2, -0.15) is 0 Å². The molecule has 5 heteroatoms. The maximum absolute atomic E-state index is 10.7. The molecule has 1 N–H and O–H groups in total. The molecule has 0 aromatic heterocycles. The Balaban J connectivity index is 2.01. The molecule has 0 amide bonds. The zero-order chi connectivity index (χ0) is 15.0. The molecule has 0 aliphatic carbocycles. The predicted molar refractivity (Wildman–Crippen MR) is 79.4 cm³/mol. The van der Waals surface area contributed by atoms with Crippen molar-refractivity contribution in [3.05, 3.63) is 69.3 Å². The third-order valence-corrected chi connectivity index (χ3v) is 3.94. The van der Waals surface area contributed by atoms with Crippen LogP contribution in [0, 0.1) is 10.1 Å². The maximum atomic E-state index is 10.7. The number of nitro groups is 1. The summed E-state index contributed by atoms with van der Waals surface area (Å²) in [4.78, 5) is 12.5. The smallest absolute Gasteiger partial charge is 0.269 e. The third-order valence-electron chi connectivity index (χ3n) is 3.94. The molecule has 108 valence electrons. The number of rotatable bonds is 2. The second-order valence-electron chi connectivity index (χ2n) is 5.48. The first kappa shape index (κ1) is 13.6. The zero-order valence-corrected chi connectivity index (χ0v) is 11.7. The van der Waals surface area contributed by atoms with E-state index in [0.29, 0.717) is 0 Å². The average molecular weight is 284 g/mol. The van der Waals surface area contributed by atoms with Crippen molar-refractivity contribution in [2.45, 2.75) is 12.5 Å². The highest BCUT2D eigenvalue weighted by atomic mass is 16.6. The quantitative estimate of drug-likeness (QED) is 0.680. The number of phenols is 1. The van der Waals surface area contributed by atoms with Gasteiger partial charge in [0.1, 0.15) is 5.75 Å². The van der Waals surface area contributed by atoms with Gasteiger partial charge in [-0.3, -0.25) is 10.1 Å². The largest absolute Gasteiger partial charge is 0.508 e. The van der Waals surface area contributed by atoms with Crippen molar-refractivity contribution in [1.82, 2.24) is 4.90 Å². The highest BCUT2D eigenvalue weighted by Crippen LogP contribution is 2.35. The van der Waals surface area contributed by atoms with Crippen molar-refractivity contribution in [1.29, 1.82) is 0 Å². The number of nitro benzene ring substituents is 1. The molecular weight excluding hydrogens is 268 g/mol. The Morgan fingerprint density at radius 2 is 1.95 bits per heavy atom. The molecule has 1 unspecified atom stereocenters. The van der Waals surface area contributed by atoms with Gasteiger partial charge in [0.05, 0.1) is 4.92 Å². The van der Waals surface area contributed by atoms with Gasteiger partial charge in [0.2, 0.25) is 0 Å². The number of hydrogen-bond acceptors (Lipinski definition) is 4. The minimum absolute atomic E-state index is 0.105. The molecule has 2 aromatic rings. The summed E-state index contributed by atoms with van der Waals surface area (Å²) in [6.07, 6.45) is 0. The van der Waals surface area contributed by atoms with E-state index in [-0.39, 0.29) is 22.3 Å². The number of aromatic hydroxyl groups is 1. The first-order valence-electron chi connectivity index (χ1n) is 6.79. The summed E-state index contributed by atoms with van der Waals surface area (Å²) < 4.78 is 0. The van der Waals surface area contributed by atoms with Crippen molar-refractivity contribution in [3.8, 4) is 5.75 Å². The molecule has 0 radical (unpaired) electrons. The van der Waals surface area contributed by atoms with Gasteiger partial charge in [0, 0.05) is 31.1 Å². The second-order valence-corrected chi connectivity index (χ2v) is 5.48. The number of benzene rings is 2. The lowest BCUT2D eigenvalue weighted by molar-refractivity contribution is -0.384. The molecule has 0 saturated heterocycles. The van der Waals surface area contributed by atoms with Crippen molar-refractivity contribution >= 4 is 5.69 Å². The van der Waals surface area contributed by atoms with Crippen LogP contribution in [0.1, 0.15) is 22.6 Å². The van der Waals surface area contributed by atoms with E-state index >= 15 is 0 Å². The van der Waals surface area contributed by atoms with Crippen LogP contribution in [0.3, 0.4) is 0 Å².